The van der Waals surface area contributed by atoms with Gasteiger partial charge in [-0.1, -0.05) is 29.4 Å². The Morgan fingerprint density at radius 3 is 2.21 bits per heavy atom. The molecule has 0 aliphatic carbocycles. The number of hydrogen-bond donors (Lipinski definition) is 1. The van der Waals surface area contributed by atoms with Gasteiger partial charge in [-0.15, -0.1) is 0 Å². The number of aromatic nitrogens is 2. The molecule has 1 heterocycles. The highest BCUT2D eigenvalue weighted by Gasteiger charge is 2.38. The molecule has 0 saturated carbocycles. The third-order valence-electron chi connectivity index (χ3n) is 3.90. The molecule has 0 atom stereocenters. The molecule has 0 saturated heterocycles. The number of Topliss-reactive ketones (excluding diaryl/α,β-unsaturated/α-hetero) is 1. The predicted octanol–water partition coefficient (Wildman–Crippen LogP) is 3.38. The lowest BCUT2D eigenvalue weighted by atomic mass is 10.1. The van der Waals surface area contributed by atoms with Crippen LogP contribution >= 0.6 is 0 Å². The summed E-state index contributed by atoms with van der Waals surface area (Å²) < 4.78 is 46.7. The van der Waals surface area contributed by atoms with Gasteiger partial charge in [0.15, 0.2) is 5.78 Å². The Kier molecular flexibility index (Phi) is 5.62. The Bertz CT molecular complexity index is 1010. The van der Waals surface area contributed by atoms with Crippen molar-refractivity contribution in [1.82, 2.24) is 15.5 Å². The van der Waals surface area contributed by atoms with E-state index in [2.05, 4.69) is 20.0 Å². The number of nitrogens with one attached hydrogen (secondary N) is 1. The minimum atomic E-state index is -4.73. The Morgan fingerprint density at radius 2 is 1.66 bits per heavy atom. The van der Waals surface area contributed by atoms with E-state index in [0.717, 1.165) is 0 Å². The van der Waals surface area contributed by atoms with Crippen molar-refractivity contribution in [2.24, 2.45) is 0 Å². The Morgan fingerprint density at radius 1 is 1.03 bits per heavy atom. The molecule has 150 valence electrons. The maximum absolute atomic E-state index is 12.5. The maximum Gasteiger partial charge on any atom is 0.471 e. The number of ketones is 1. The molecule has 29 heavy (non-hydrogen) atoms. The molecule has 0 fully saturated rings. The lowest BCUT2D eigenvalue weighted by Gasteiger charge is -2.06. The minimum absolute atomic E-state index is 0.245. The van der Waals surface area contributed by atoms with Gasteiger partial charge in [0.2, 0.25) is 5.82 Å². The standard InChI is InChI=1S/C19H14F3N3O4/c1-28-14-8-6-13(7-9-14)17(27)23-10-15(26)11-2-4-12(5-3-11)16-24-18(29-25-16)19(20,21)22/h2-9H,10H2,1H3,(H,23,27). The molecule has 3 rings (SSSR count). The van der Waals surface area contributed by atoms with E-state index < -0.39 is 18.0 Å². The van der Waals surface area contributed by atoms with Crippen molar-refractivity contribution >= 4 is 11.7 Å². The van der Waals surface area contributed by atoms with Gasteiger partial charge < -0.3 is 14.6 Å². The third kappa shape index (κ3) is 4.78. The van der Waals surface area contributed by atoms with Crippen molar-refractivity contribution in [3.8, 4) is 17.1 Å². The lowest BCUT2D eigenvalue weighted by molar-refractivity contribution is -0.159. The van der Waals surface area contributed by atoms with Crippen LogP contribution in [0.15, 0.2) is 53.1 Å². The van der Waals surface area contributed by atoms with Gasteiger partial charge in [-0.2, -0.15) is 18.2 Å². The average Bonchev–Trinajstić information content (AvgIpc) is 3.23. The second-order valence-electron chi connectivity index (χ2n) is 5.83. The monoisotopic (exact) mass is 405 g/mol. The number of carbonyl (C=O) groups is 2. The van der Waals surface area contributed by atoms with Crippen molar-refractivity contribution in [2.45, 2.75) is 6.18 Å². The van der Waals surface area contributed by atoms with Crippen molar-refractivity contribution in [1.29, 1.82) is 0 Å². The quantitative estimate of drug-likeness (QED) is 0.632. The molecule has 10 heteroatoms. The van der Waals surface area contributed by atoms with Gasteiger partial charge in [0.25, 0.3) is 5.91 Å². The molecule has 0 spiro atoms. The van der Waals surface area contributed by atoms with Crippen LogP contribution < -0.4 is 10.1 Å². The molecule has 1 aromatic heterocycles. The number of carbonyl (C=O) groups excluding carboxylic acids is 2. The molecule has 0 aliphatic heterocycles. The van der Waals surface area contributed by atoms with E-state index >= 15 is 0 Å². The van der Waals surface area contributed by atoms with Gasteiger partial charge in [-0.3, -0.25) is 9.59 Å². The summed E-state index contributed by atoms with van der Waals surface area (Å²) in [6.07, 6.45) is -4.73. The molecule has 3 aromatic rings. The number of methoxy groups -OCH3 is 1. The summed E-state index contributed by atoms with van der Waals surface area (Å²) in [6, 6.07) is 12.0. The van der Waals surface area contributed by atoms with E-state index in [1.807, 2.05) is 0 Å². The average molecular weight is 405 g/mol. The first kappa shape index (κ1) is 20.1. The van der Waals surface area contributed by atoms with Crippen molar-refractivity contribution in [2.75, 3.05) is 13.7 Å². The largest absolute Gasteiger partial charge is 0.497 e. The van der Waals surface area contributed by atoms with E-state index in [-0.39, 0.29) is 29.3 Å². The van der Waals surface area contributed by atoms with Gasteiger partial charge in [-0.25, -0.2) is 0 Å². The SMILES string of the molecule is COc1ccc(C(=O)NCC(=O)c2ccc(-c3noc(C(F)(F)F)n3)cc2)cc1. The van der Waals surface area contributed by atoms with Crippen LogP contribution in [0.25, 0.3) is 11.4 Å². The van der Waals surface area contributed by atoms with Gasteiger partial charge in [0, 0.05) is 16.7 Å². The Labute approximate surface area is 162 Å². The molecule has 0 bridgehead atoms. The van der Waals surface area contributed by atoms with Crippen molar-refractivity contribution < 1.29 is 32.0 Å². The van der Waals surface area contributed by atoms with Crippen molar-refractivity contribution in [3.05, 3.63) is 65.5 Å². The van der Waals surface area contributed by atoms with Crippen molar-refractivity contribution in [3.63, 3.8) is 0 Å². The van der Waals surface area contributed by atoms with Crippen LogP contribution in [0, 0.1) is 0 Å². The minimum Gasteiger partial charge on any atom is -0.497 e. The molecule has 2 aromatic carbocycles. The molecular weight excluding hydrogens is 391 g/mol. The summed E-state index contributed by atoms with van der Waals surface area (Å²) in [5.41, 5.74) is 0.887. The van der Waals surface area contributed by atoms with Gasteiger partial charge in [0.1, 0.15) is 5.75 Å². The number of benzene rings is 2. The van der Waals surface area contributed by atoms with Crippen LogP contribution in [0.1, 0.15) is 26.6 Å². The normalized spacial score (nSPS) is 11.2. The molecule has 0 unspecified atom stereocenters. The van der Waals surface area contributed by atoms with Crippen LogP contribution in [0.4, 0.5) is 13.2 Å². The second kappa shape index (κ2) is 8.13. The zero-order valence-corrected chi connectivity index (χ0v) is 15.0. The first-order valence-corrected chi connectivity index (χ1v) is 8.24. The van der Waals surface area contributed by atoms with E-state index in [1.54, 1.807) is 24.3 Å². The number of amides is 1. The summed E-state index contributed by atoms with van der Waals surface area (Å²) >= 11 is 0. The first-order valence-electron chi connectivity index (χ1n) is 8.24. The summed E-state index contributed by atoms with van der Waals surface area (Å²) in [4.78, 5) is 27.6. The lowest BCUT2D eigenvalue weighted by Crippen LogP contribution is -2.29. The van der Waals surface area contributed by atoms with E-state index in [0.29, 0.717) is 11.3 Å². The highest BCUT2D eigenvalue weighted by Crippen LogP contribution is 2.29. The van der Waals surface area contributed by atoms with Crippen LogP contribution in [0.3, 0.4) is 0 Å². The number of halogens is 3. The molecule has 0 radical (unpaired) electrons. The topological polar surface area (TPSA) is 94.3 Å². The van der Waals surface area contributed by atoms with Crippen LogP contribution in [0.5, 0.6) is 5.75 Å². The fourth-order valence-electron chi connectivity index (χ4n) is 2.37. The predicted molar refractivity (Wildman–Crippen MR) is 94.4 cm³/mol. The number of ether oxygens (including phenoxy) is 1. The summed E-state index contributed by atoms with van der Waals surface area (Å²) in [7, 11) is 1.51. The number of rotatable bonds is 6. The van der Waals surface area contributed by atoms with Gasteiger partial charge in [0.05, 0.1) is 13.7 Å². The molecular formula is C19H14F3N3O4. The van der Waals surface area contributed by atoms with E-state index in [4.69, 9.17) is 4.74 Å². The molecule has 0 aliphatic rings. The molecule has 1 amide bonds. The second-order valence-corrected chi connectivity index (χ2v) is 5.83. The smallest absolute Gasteiger partial charge is 0.471 e. The Hall–Kier alpha value is -3.69. The number of alkyl halides is 3. The fourth-order valence-corrected chi connectivity index (χ4v) is 2.37. The summed E-state index contributed by atoms with van der Waals surface area (Å²) in [6.45, 7) is -0.245. The van der Waals surface area contributed by atoms with E-state index in [1.165, 1.54) is 31.4 Å². The first-order chi connectivity index (χ1) is 13.8. The van der Waals surface area contributed by atoms with E-state index in [9.17, 15) is 22.8 Å². The molecule has 1 N–H and O–H groups in total. The van der Waals surface area contributed by atoms with Gasteiger partial charge in [-0.05, 0) is 24.3 Å². The molecule has 7 nitrogen and oxygen atoms in total. The summed E-state index contributed by atoms with van der Waals surface area (Å²) in [5.74, 6) is -1.90. The summed E-state index contributed by atoms with van der Waals surface area (Å²) in [5, 5.41) is 5.78. The zero-order chi connectivity index (χ0) is 21.0. The third-order valence-corrected chi connectivity index (χ3v) is 3.90. The zero-order valence-electron chi connectivity index (χ0n) is 15.0. The Balaban J connectivity index is 1.61. The van der Waals surface area contributed by atoms with Crippen LogP contribution in [-0.4, -0.2) is 35.5 Å². The fraction of sp³-hybridized carbons (Fsp3) is 0.158. The highest BCUT2D eigenvalue weighted by atomic mass is 19.4. The van der Waals surface area contributed by atoms with Crippen LogP contribution in [0.2, 0.25) is 0 Å². The number of hydrogen-bond acceptors (Lipinski definition) is 6. The number of nitrogens with zero attached hydrogens (tertiary/aromatic N) is 2. The van der Waals surface area contributed by atoms with Gasteiger partial charge >= 0.3 is 12.1 Å². The highest BCUT2D eigenvalue weighted by molar-refractivity contribution is 6.02. The van der Waals surface area contributed by atoms with Crippen LogP contribution in [-0.2, 0) is 6.18 Å². The maximum atomic E-state index is 12.5.